The van der Waals surface area contributed by atoms with Crippen LogP contribution in [0.3, 0.4) is 0 Å². The van der Waals surface area contributed by atoms with Crippen molar-refractivity contribution in [1.82, 2.24) is 0 Å². The molecule has 0 saturated heterocycles. The Labute approximate surface area is 78.9 Å². The molecule has 0 fully saturated rings. The highest BCUT2D eigenvalue weighted by Crippen LogP contribution is 2.09. The number of nitrogens with two attached hydrogens (primary N) is 1. The van der Waals surface area contributed by atoms with Gasteiger partial charge < -0.3 is 15.8 Å². The number of ether oxygens (including phenoxy) is 1. The highest BCUT2D eigenvalue weighted by molar-refractivity contribution is 5.50. The van der Waals surface area contributed by atoms with Gasteiger partial charge in [-0.1, -0.05) is 0 Å². The monoisotopic (exact) mass is 180 g/mol. The Morgan fingerprint density at radius 2 is 2.00 bits per heavy atom. The van der Waals surface area contributed by atoms with Crippen molar-refractivity contribution in [3.63, 3.8) is 0 Å². The van der Waals surface area contributed by atoms with Crippen LogP contribution < -0.4 is 11.1 Å². The minimum Gasteiger partial charge on any atom is -0.399 e. The molecule has 0 aromatic heterocycles. The maximum atomic E-state index is 5.56. The molecule has 72 valence electrons. The summed E-state index contributed by atoms with van der Waals surface area (Å²) in [5.74, 6) is 0. The number of methoxy groups -OCH3 is 1. The van der Waals surface area contributed by atoms with E-state index in [1.807, 2.05) is 24.3 Å². The molecule has 1 aromatic carbocycles. The van der Waals surface area contributed by atoms with Gasteiger partial charge in [0.05, 0.1) is 0 Å². The van der Waals surface area contributed by atoms with E-state index in [1.54, 1.807) is 7.11 Å². The molecule has 3 N–H and O–H groups in total. The Kier molecular flexibility index (Phi) is 4.12. The molecule has 3 heteroatoms. The summed E-state index contributed by atoms with van der Waals surface area (Å²) in [5, 5.41) is 3.27. The molecule has 0 amide bonds. The van der Waals surface area contributed by atoms with Gasteiger partial charge in [-0.15, -0.1) is 0 Å². The molecule has 0 aliphatic carbocycles. The zero-order valence-electron chi connectivity index (χ0n) is 7.92. The van der Waals surface area contributed by atoms with Crippen molar-refractivity contribution in [2.75, 3.05) is 31.3 Å². The molecule has 0 aliphatic rings. The van der Waals surface area contributed by atoms with E-state index in [0.717, 1.165) is 30.9 Å². The van der Waals surface area contributed by atoms with E-state index < -0.39 is 0 Å². The first kappa shape index (κ1) is 9.86. The van der Waals surface area contributed by atoms with Crippen LogP contribution in [0.5, 0.6) is 0 Å². The van der Waals surface area contributed by atoms with E-state index in [1.165, 1.54) is 0 Å². The normalized spacial score (nSPS) is 9.92. The van der Waals surface area contributed by atoms with Crippen molar-refractivity contribution in [2.24, 2.45) is 0 Å². The van der Waals surface area contributed by atoms with Gasteiger partial charge in [0.2, 0.25) is 0 Å². The maximum absolute atomic E-state index is 5.56. The number of nitrogens with one attached hydrogen (secondary N) is 1. The quantitative estimate of drug-likeness (QED) is 0.535. The summed E-state index contributed by atoms with van der Waals surface area (Å²) in [6.45, 7) is 1.72. The van der Waals surface area contributed by atoms with Crippen LogP contribution in [0.15, 0.2) is 24.3 Å². The SMILES string of the molecule is COCCCNc1ccc(N)cc1. The third-order valence-corrected chi connectivity index (χ3v) is 1.77. The Balaban J connectivity index is 2.25. The van der Waals surface area contributed by atoms with Crippen LogP contribution in [0, 0.1) is 0 Å². The minimum atomic E-state index is 0.794. The second-order valence-corrected chi connectivity index (χ2v) is 2.90. The zero-order valence-corrected chi connectivity index (χ0v) is 7.92. The van der Waals surface area contributed by atoms with Crippen molar-refractivity contribution in [3.8, 4) is 0 Å². The average molecular weight is 180 g/mol. The molecule has 3 nitrogen and oxygen atoms in total. The smallest absolute Gasteiger partial charge is 0.0479 e. The minimum absolute atomic E-state index is 0.794. The molecule has 0 saturated carbocycles. The van der Waals surface area contributed by atoms with Gasteiger partial charge >= 0.3 is 0 Å². The summed E-state index contributed by atoms with van der Waals surface area (Å²) >= 11 is 0. The van der Waals surface area contributed by atoms with Crippen LogP contribution >= 0.6 is 0 Å². The maximum Gasteiger partial charge on any atom is 0.0479 e. The van der Waals surface area contributed by atoms with E-state index in [4.69, 9.17) is 10.5 Å². The van der Waals surface area contributed by atoms with Gasteiger partial charge in [0.25, 0.3) is 0 Å². The molecule has 0 radical (unpaired) electrons. The van der Waals surface area contributed by atoms with Crippen molar-refractivity contribution in [1.29, 1.82) is 0 Å². The van der Waals surface area contributed by atoms with E-state index in [0.29, 0.717) is 0 Å². The van der Waals surface area contributed by atoms with Crippen LogP contribution in [0.2, 0.25) is 0 Å². The fourth-order valence-electron chi connectivity index (χ4n) is 1.05. The highest BCUT2D eigenvalue weighted by Gasteiger charge is 1.90. The average Bonchev–Trinajstić information content (AvgIpc) is 2.15. The second-order valence-electron chi connectivity index (χ2n) is 2.90. The van der Waals surface area contributed by atoms with Crippen LogP contribution in [0.25, 0.3) is 0 Å². The van der Waals surface area contributed by atoms with Gasteiger partial charge in [0.1, 0.15) is 0 Å². The Morgan fingerprint density at radius 3 is 2.62 bits per heavy atom. The number of nitrogen functional groups attached to an aromatic ring is 1. The van der Waals surface area contributed by atoms with Crippen molar-refractivity contribution < 1.29 is 4.74 Å². The van der Waals surface area contributed by atoms with E-state index >= 15 is 0 Å². The molecule has 13 heavy (non-hydrogen) atoms. The lowest BCUT2D eigenvalue weighted by atomic mass is 10.3. The molecule has 1 rings (SSSR count). The largest absolute Gasteiger partial charge is 0.399 e. The second kappa shape index (κ2) is 5.43. The Hall–Kier alpha value is -1.22. The van der Waals surface area contributed by atoms with Gasteiger partial charge in [-0.05, 0) is 30.7 Å². The number of rotatable bonds is 5. The molecular formula is C10H16N2O. The standard InChI is InChI=1S/C10H16N2O/c1-13-8-2-7-12-10-5-3-9(11)4-6-10/h3-6,12H,2,7-8,11H2,1H3. The van der Waals surface area contributed by atoms with Crippen molar-refractivity contribution in [2.45, 2.75) is 6.42 Å². The summed E-state index contributed by atoms with van der Waals surface area (Å²) < 4.78 is 4.94. The third-order valence-electron chi connectivity index (χ3n) is 1.77. The first-order chi connectivity index (χ1) is 6.33. The summed E-state index contributed by atoms with van der Waals surface area (Å²) in [6.07, 6.45) is 1.01. The molecule has 1 aromatic rings. The number of hydrogen-bond acceptors (Lipinski definition) is 3. The molecule has 0 atom stereocenters. The highest BCUT2D eigenvalue weighted by atomic mass is 16.5. The topological polar surface area (TPSA) is 47.3 Å². The third kappa shape index (κ3) is 3.80. The lowest BCUT2D eigenvalue weighted by molar-refractivity contribution is 0.198. The summed E-state index contributed by atoms with van der Waals surface area (Å²) in [4.78, 5) is 0. The first-order valence-electron chi connectivity index (χ1n) is 4.41. The number of hydrogen-bond donors (Lipinski definition) is 2. The van der Waals surface area contributed by atoms with Gasteiger partial charge in [-0.25, -0.2) is 0 Å². The van der Waals surface area contributed by atoms with E-state index in [2.05, 4.69) is 5.32 Å². The number of anilines is 2. The molecule has 0 unspecified atom stereocenters. The van der Waals surface area contributed by atoms with Crippen molar-refractivity contribution >= 4 is 11.4 Å². The molecule has 0 aliphatic heterocycles. The number of benzene rings is 1. The van der Waals surface area contributed by atoms with Gasteiger partial charge in [0, 0.05) is 31.6 Å². The van der Waals surface area contributed by atoms with Crippen LogP contribution in [0.1, 0.15) is 6.42 Å². The van der Waals surface area contributed by atoms with Gasteiger partial charge in [0.15, 0.2) is 0 Å². The van der Waals surface area contributed by atoms with E-state index in [-0.39, 0.29) is 0 Å². The van der Waals surface area contributed by atoms with Crippen LogP contribution in [0.4, 0.5) is 11.4 Å². The summed E-state index contributed by atoms with van der Waals surface area (Å²) in [6, 6.07) is 7.72. The Bertz CT molecular complexity index is 233. The molecule has 0 spiro atoms. The van der Waals surface area contributed by atoms with E-state index in [9.17, 15) is 0 Å². The van der Waals surface area contributed by atoms with Crippen LogP contribution in [-0.2, 0) is 4.74 Å². The lowest BCUT2D eigenvalue weighted by Crippen LogP contribution is -2.04. The molecule has 0 heterocycles. The Morgan fingerprint density at radius 1 is 1.31 bits per heavy atom. The summed E-state index contributed by atoms with van der Waals surface area (Å²) in [7, 11) is 1.71. The molecular weight excluding hydrogens is 164 g/mol. The predicted octanol–water partition coefficient (Wildman–Crippen LogP) is 1.72. The van der Waals surface area contributed by atoms with Crippen LogP contribution in [-0.4, -0.2) is 20.3 Å². The zero-order chi connectivity index (χ0) is 9.52. The van der Waals surface area contributed by atoms with Crippen molar-refractivity contribution in [3.05, 3.63) is 24.3 Å². The lowest BCUT2D eigenvalue weighted by Gasteiger charge is -2.05. The first-order valence-corrected chi connectivity index (χ1v) is 4.41. The predicted molar refractivity (Wildman–Crippen MR) is 55.8 cm³/mol. The fourth-order valence-corrected chi connectivity index (χ4v) is 1.05. The fraction of sp³-hybridized carbons (Fsp3) is 0.400. The molecule has 0 bridgehead atoms. The summed E-state index contributed by atoms with van der Waals surface area (Å²) in [5.41, 5.74) is 7.45. The van der Waals surface area contributed by atoms with Gasteiger partial charge in [-0.3, -0.25) is 0 Å². The van der Waals surface area contributed by atoms with Gasteiger partial charge in [-0.2, -0.15) is 0 Å².